The molecule has 3 heteroatoms. The highest BCUT2D eigenvalue weighted by atomic mass is 35.5. The summed E-state index contributed by atoms with van der Waals surface area (Å²) in [5.41, 5.74) is 0. The number of hydrogen-bond donors (Lipinski definition) is 0. The average molecular weight is 193 g/mol. The molecule has 0 unspecified atom stereocenters. The molecule has 0 saturated carbocycles. The van der Waals surface area contributed by atoms with Crippen molar-refractivity contribution in [1.82, 2.24) is 0 Å². The van der Waals surface area contributed by atoms with Crippen molar-refractivity contribution in [3.8, 4) is 0 Å². The minimum absolute atomic E-state index is 0.194. The molecule has 0 fully saturated rings. The van der Waals surface area contributed by atoms with E-state index in [2.05, 4.69) is 24.3 Å². The van der Waals surface area contributed by atoms with E-state index in [-0.39, 0.29) is 5.34 Å². The lowest BCUT2D eigenvalue weighted by Gasteiger charge is -1.82. The third-order valence-corrected chi connectivity index (χ3v) is 1.61. The molecule has 0 N–H and O–H groups in total. The molecule has 1 rings (SSSR count). The molecule has 0 atom stereocenters. The van der Waals surface area contributed by atoms with Crippen molar-refractivity contribution in [2.24, 2.45) is 0 Å². The summed E-state index contributed by atoms with van der Waals surface area (Å²) < 4.78 is 0. The van der Waals surface area contributed by atoms with Gasteiger partial charge < -0.3 is 0 Å². The molecular weight excluding hydrogens is 183 g/mol. The number of hydrogen-bond acceptors (Lipinski definition) is 0. The van der Waals surface area contributed by atoms with Crippen LogP contribution in [0.25, 0.3) is 0 Å². The van der Waals surface area contributed by atoms with Crippen LogP contribution < -0.4 is 5.19 Å². The van der Waals surface area contributed by atoms with E-state index in [0.717, 1.165) is 0 Å². The van der Waals surface area contributed by atoms with Crippen molar-refractivity contribution in [3.63, 3.8) is 0 Å². The van der Waals surface area contributed by atoms with Gasteiger partial charge in [0.1, 0.15) is 0 Å². The van der Waals surface area contributed by atoms with Gasteiger partial charge in [-0.1, -0.05) is 35.5 Å². The Hall–Kier alpha value is 0.0169. The smallest absolute Gasteiger partial charge is 0.0967 e. The molecule has 0 bridgehead atoms. The summed E-state index contributed by atoms with van der Waals surface area (Å²) >= 11 is 9.53. The van der Waals surface area contributed by atoms with Crippen LogP contribution >= 0.6 is 23.2 Å². The molecule has 0 heterocycles. The molecule has 0 aliphatic rings. The van der Waals surface area contributed by atoms with Gasteiger partial charge in [0, 0.05) is 10.2 Å². The molecule has 0 aliphatic heterocycles. The average Bonchev–Trinajstić information content (AvgIpc) is 1.91. The second-order valence-corrected chi connectivity index (χ2v) is 3.72. The SMILES string of the molecule is ClCCl.[SiH3]c1ccccc1. The van der Waals surface area contributed by atoms with Gasteiger partial charge in [-0.15, -0.1) is 23.2 Å². The zero-order valence-electron chi connectivity index (χ0n) is 5.85. The Morgan fingerprint density at radius 1 is 1.10 bits per heavy atom. The van der Waals surface area contributed by atoms with E-state index in [4.69, 9.17) is 23.2 Å². The molecule has 0 radical (unpaired) electrons. The molecule has 0 nitrogen and oxygen atoms in total. The first kappa shape index (κ1) is 10.0. The molecule has 0 saturated heterocycles. The van der Waals surface area contributed by atoms with E-state index in [0.29, 0.717) is 0 Å². The molecule has 56 valence electrons. The molecule has 0 amide bonds. The lowest BCUT2D eigenvalue weighted by Crippen LogP contribution is -1.97. The largest absolute Gasteiger partial charge is 0.109 e. The van der Waals surface area contributed by atoms with Crippen molar-refractivity contribution in [3.05, 3.63) is 30.3 Å². The normalized spacial score (nSPS) is 8.20. The third-order valence-electron chi connectivity index (χ3n) is 0.940. The molecular formula is C7H10Cl2Si. The predicted molar refractivity (Wildman–Crippen MR) is 52.6 cm³/mol. The summed E-state index contributed by atoms with van der Waals surface area (Å²) in [6.07, 6.45) is 0. The van der Waals surface area contributed by atoms with Crippen molar-refractivity contribution in [1.29, 1.82) is 0 Å². The van der Waals surface area contributed by atoms with Crippen molar-refractivity contribution in [2.75, 3.05) is 5.34 Å². The van der Waals surface area contributed by atoms with Crippen LogP contribution in [0.2, 0.25) is 0 Å². The maximum absolute atomic E-state index is 4.76. The van der Waals surface area contributed by atoms with Gasteiger partial charge in [0.05, 0.1) is 5.34 Å². The fourth-order valence-electron chi connectivity index (χ4n) is 0.534. The summed E-state index contributed by atoms with van der Waals surface area (Å²) in [5, 5.41) is 1.66. The Kier molecular flexibility index (Phi) is 7.14. The summed E-state index contributed by atoms with van der Waals surface area (Å²) in [6, 6.07) is 10.5. The highest BCUT2D eigenvalue weighted by Gasteiger charge is 1.72. The number of rotatable bonds is 0. The standard InChI is InChI=1S/C6H8Si.CH2Cl2/c7-6-4-2-1-3-5-6;2-1-3/h1-5H,7H3;1H2. The summed E-state index contributed by atoms with van der Waals surface area (Å²) in [5.74, 6) is 0. The third kappa shape index (κ3) is 6.14. The van der Waals surface area contributed by atoms with Crippen LogP contribution in [0.1, 0.15) is 0 Å². The maximum Gasteiger partial charge on any atom is 0.0967 e. The Morgan fingerprint density at radius 2 is 1.50 bits per heavy atom. The molecule has 1 aromatic rings. The van der Waals surface area contributed by atoms with Crippen LogP contribution in [0.3, 0.4) is 0 Å². The van der Waals surface area contributed by atoms with Gasteiger partial charge in [-0.25, -0.2) is 0 Å². The van der Waals surface area contributed by atoms with Crippen LogP contribution in [0, 0.1) is 0 Å². The van der Waals surface area contributed by atoms with Gasteiger partial charge in [-0.05, 0) is 0 Å². The predicted octanol–water partition coefficient (Wildman–Crippen LogP) is 1.10. The lowest BCUT2D eigenvalue weighted by molar-refractivity contribution is 1.78. The molecule has 10 heavy (non-hydrogen) atoms. The van der Waals surface area contributed by atoms with Gasteiger partial charge in [-0.2, -0.15) is 0 Å². The van der Waals surface area contributed by atoms with Crippen LogP contribution in [-0.2, 0) is 0 Å². The zero-order valence-corrected chi connectivity index (χ0v) is 9.36. The molecule has 0 aromatic heterocycles. The minimum atomic E-state index is 0.194. The van der Waals surface area contributed by atoms with Crippen LogP contribution in [0.4, 0.5) is 0 Å². The Balaban J connectivity index is 0.000000236. The Morgan fingerprint density at radius 3 is 1.70 bits per heavy atom. The molecule has 0 spiro atoms. The summed E-state index contributed by atoms with van der Waals surface area (Å²) in [4.78, 5) is 0. The fraction of sp³-hybridized carbons (Fsp3) is 0.143. The van der Waals surface area contributed by atoms with Crippen molar-refractivity contribution >= 4 is 38.6 Å². The maximum atomic E-state index is 4.76. The first-order valence-electron chi connectivity index (χ1n) is 2.95. The first-order chi connectivity index (χ1) is 4.81. The summed E-state index contributed by atoms with van der Waals surface area (Å²) in [7, 11) is 1.17. The highest BCUT2D eigenvalue weighted by Crippen LogP contribution is 1.76. The zero-order chi connectivity index (χ0) is 7.82. The molecule has 0 aliphatic carbocycles. The van der Waals surface area contributed by atoms with Crippen LogP contribution in [0.5, 0.6) is 0 Å². The van der Waals surface area contributed by atoms with Crippen molar-refractivity contribution in [2.45, 2.75) is 0 Å². The van der Waals surface area contributed by atoms with Gasteiger partial charge >= 0.3 is 0 Å². The number of benzene rings is 1. The molecule has 1 aromatic carbocycles. The Bertz CT molecular complexity index is 153. The Labute approximate surface area is 74.6 Å². The number of alkyl halides is 2. The quantitative estimate of drug-likeness (QED) is 0.427. The van der Waals surface area contributed by atoms with Crippen molar-refractivity contribution < 1.29 is 0 Å². The van der Waals surface area contributed by atoms with E-state index in [9.17, 15) is 0 Å². The van der Waals surface area contributed by atoms with E-state index >= 15 is 0 Å². The van der Waals surface area contributed by atoms with Gasteiger partial charge in [0.15, 0.2) is 0 Å². The minimum Gasteiger partial charge on any atom is -0.109 e. The van der Waals surface area contributed by atoms with Crippen LogP contribution in [-0.4, -0.2) is 15.6 Å². The topological polar surface area (TPSA) is 0 Å². The van der Waals surface area contributed by atoms with E-state index in [1.165, 1.54) is 15.4 Å². The second kappa shape index (κ2) is 7.13. The van der Waals surface area contributed by atoms with E-state index in [1.807, 2.05) is 6.07 Å². The van der Waals surface area contributed by atoms with E-state index in [1.54, 1.807) is 0 Å². The monoisotopic (exact) mass is 192 g/mol. The summed E-state index contributed by atoms with van der Waals surface area (Å²) in [6.45, 7) is 0. The van der Waals surface area contributed by atoms with Gasteiger partial charge in [0.2, 0.25) is 0 Å². The van der Waals surface area contributed by atoms with E-state index < -0.39 is 0 Å². The highest BCUT2D eigenvalue weighted by molar-refractivity contribution is 6.40. The first-order valence-corrected chi connectivity index (χ1v) is 5.01. The number of halogens is 2. The lowest BCUT2D eigenvalue weighted by atomic mass is 10.4. The van der Waals surface area contributed by atoms with Gasteiger partial charge in [0.25, 0.3) is 0 Å². The fourth-order valence-corrected chi connectivity index (χ4v) is 0.919. The second-order valence-electron chi connectivity index (χ2n) is 1.76. The van der Waals surface area contributed by atoms with Gasteiger partial charge in [-0.3, -0.25) is 0 Å². The van der Waals surface area contributed by atoms with Crippen LogP contribution in [0.15, 0.2) is 30.3 Å².